The van der Waals surface area contributed by atoms with Gasteiger partial charge in [-0.15, -0.1) is 0 Å². The SMILES string of the molecule is COc1cc(CNC(=O)COC(=O)CCc2c(C)noc2C)cc(OC)c1OC. The number of carbonyl (C=O) groups is 2. The van der Waals surface area contributed by atoms with Crippen LogP contribution in [0.5, 0.6) is 17.2 Å². The van der Waals surface area contributed by atoms with Crippen LogP contribution in [0, 0.1) is 13.8 Å². The van der Waals surface area contributed by atoms with Crippen LogP contribution in [0.2, 0.25) is 0 Å². The van der Waals surface area contributed by atoms with Gasteiger partial charge in [-0.3, -0.25) is 9.59 Å². The second-order valence-electron chi connectivity index (χ2n) is 6.27. The summed E-state index contributed by atoms with van der Waals surface area (Å²) in [6.45, 7) is 3.46. The van der Waals surface area contributed by atoms with Crippen LogP contribution in [0.15, 0.2) is 16.7 Å². The summed E-state index contributed by atoms with van der Waals surface area (Å²) in [5.41, 5.74) is 2.38. The molecule has 9 heteroatoms. The maximum atomic E-state index is 12.0. The molecule has 1 aromatic heterocycles. The fraction of sp³-hybridized carbons (Fsp3) is 0.450. The molecule has 0 aliphatic carbocycles. The molecule has 0 saturated heterocycles. The molecular weight excluding hydrogens is 380 g/mol. The van der Waals surface area contributed by atoms with Gasteiger partial charge < -0.3 is 28.8 Å². The van der Waals surface area contributed by atoms with Crippen molar-refractivity contribution in [1.82, 2.24) is 10.5 Å². The second kappa shape index (κ2) is 10.4. The molecule has 9 nitrogen and oxygen atoms in total. The van der Waals surface area contributed by atoms with E-state index in [9.17, 15) is 9.59 Å². The van der Waals surface area contributed by atoms with Gasteiger partial charge in [-0.05, 0) is 38.0 Å². The number of benzene rings is 1. The predicted octanol–water partition coefficient (Wildman–Crippen LogP) is 2.11. The summed E-state index contributed by atoms with van der Waals surface area (Å²) in [6.07, 6.45) is 0.593. The van der Waals surface area contributed by atoms with Gasteiger partial charge >= 0.3 is 5.97 Å². The van der Waals surface area contributed by atoms with Crippen molar-refractivity contribution >= 4 is 11.9 Å². The smallest absolute Gasteiger partial charge is 0.306 e. The van der Waals surface area contributed by atoms with Gasteiger partial charge in [-0.1, -0.05) is 5.16 Å². The number of amides is 1. The minimum absolute atomic E-state index is 0.142. The van der Waals surface area contributed by atoms with E-state index in [-0.39, 0.29) is 19.6 Å². The van der Waals surface area contributed by atoms with Gasteiger partial charge in [0, 0.05) is 18.5 Å². The van der Waals surface area contributed by atoms with E-state index >= 15 is 0 Å². The molecule has 1 amide bonds. The third-order valence-electron chi connectivity index (χ3n) is 4.34. The van der Waals surface area contributed by atoms with Gasteiger partial charge in [0.2, 0.25) is 5.75 Å². The topological polar surface area (TPSA) is 109 Å². The van der Waals surface area contributed by atoms with Crippen molar-refractivity contribution in [3.63, 3.8) is 0 Å². The molecule has 1 aromatic carbocycles. The normalized spacial score (nSPS) is 10.4. The summed E-state index contributed by atoms with van der Waals surface area (Å²) >= 11 is 0. The molecule has 29 heavy (non-hydrogen) atoms. The molecule has 2 rings (SSSR count). The monoisotopic (exact) mass is 406 g/mol. The highest BCUT2D eigenvalue weighted by Gasteiger charge is 2.15. The Morgan fingerprint density at radius 2 is 1.72 bits per heavy atom. The molecule has 0 spiro atoms. The lowest BCUT2D eigenvalue weighted by Crippen LogP contribution is -2.28. The van der Waals surface area contributed by atoms with Crippen LogP contribution in [0.3, 0.4) is 0 Å². The van der Waals surface area contributed by atoms with E-state index in [1.807, 2.05) is 6.92 Å². The minimum Gasteiger partial charge on any atom is -0.493 e. The Hall–Kier alpha value is -3.23. The Balaban J connectivity index is 1.81. The van der Waals surface area contributed by atoms with Gasteiger partial charge in [0.1, 0.15) is 5.76 Å². The lowest BCUT2D eigenvalue weighted by Gasteiger charge is -2.14. The summed E-state index contributed by atoms with van der Waals surface area (Å²) in [5, 5.41) is 6.53. The summed E-state index contributed by atoms with van der Waals surface area (Å²) in [5.74, 6) is 1.25. The van der Waals surface area contributed by atoms with Gasteiger partial charge in [-0.2, -0.15) is 0 Å². The Kier molecular flexibility index (Phi) is 7.88. The largest absolute Gasteiger partial charge is 0.493 e. The summed E-state index contributed by atoms with van der Waals surface area (Å²) in [4.78, 5) is 23.9. The highest BCUT2D eigenvalue weighted by molar-refractivity contribution is 5.80. The van der Waals surface area contributed by atoms with E-state index in [1.165, 1.54) is 21.3 Å². The fourth-order valence-corrected chi connectivity index (χ4v) is 2.79. The maximum Gasteiger partial charge on any atom is 0.306 e. The van der Waals surface area contributed by atoms with Gasteiger partial charge in [0.15, 0.2) is 18.1 Å². The van der Waals surface area contributed by atoms with Gasteiger partial charge in [-0.25, -0.2) is 0 Å². The van der Waals surface area contributed by atoms with Gasteiger partial charge in [0.05, 0.1) is 27.0 Å². The number of rotatable bonds is 10. The Bertz CT molecular complexity index is 816. The molecule has 0 fully saturated rings. The van der Waals surface area contributed by atoms with Crippen molar-refractivity contribution in [2.24, 2.45) is 0 Å². The van der Waals surface area contributed by atoms with Crippen LogP contribution in [-0.2, 0) is 27.3 Å². The molecule has 0 radical (unpaired) electrons. The number of hydrogen-bond acceptors (Lipinski definition) is 8. The number of ether oxygens (including phenoxy) is 4. The molecule has 0 bridgehead atoms. The zero-order valence-electron chi connectivity index (χ0n) is 17.3. The van der Waals surface area contributed by atoms with Crippen LogP contribution >= 0.6 is 0 Å². The zero-order valence-corrected chi connectivity index (χ0v) is 17.3. The van der Waals surface area contributed by atoms with Crippen molar-refractivity contribution in [1.29, 1.82) is 0 Å². The lowest BCUT2D eigenvalue weighted by molar-refractivity contribution is -0.148. The average molecular weight is 406 g/mol. The Morgan fingerprint density at radius 3 is 2.24 bits per heavy atom. The highest BCUT2D eigenvalue weighted by atomic mass is 16.5. The Morgan fingerprint density at radius 1 is 1.07 bits per heavy atom. The first kappa shape index (κ1) is 22.1. The molecule has 0 unspecified atom stereocenters. The number of aromatic nitrogens is 1. The first-order valence-electron chi connectivity index (χ1n) is 9.02. The molecule has 158 valence electrons. The first-order chi connectivity index (χ1) is 13.9. The quantitative estimate of drug-likeness (QED) is 0.598. The fourth-order valence-electron chi connectivity index (χ4n) is 2.79. The van der Waals surface area contributed by atoms with E-state index in [4.69, 9.17) is 23.5 Å². The number of methoxy groups -OCH3 is 3. The Labute approximate surface area is 169 Å². The third-order valence-corrected chi connectivity index (χ3v) is 4.34. The molecule has 0 atom stereocenters. The predicted molar refractivity (Wildman–Crippen MR) is 103 cm³/mol. The summed E-state index contributed by atoms with van der Waals surface area (Å²) in [6, 6.07) is 3.47. The number of hydrogen-bond donors (Lipinski definition) is 1. The average Bonchev–Trinajstić information content (AvgIpc) is 3.05. The number of carbonyl (C=O) groups excluding carboxylic acids is 2. The standard InChI is InChI=1S/C20H26N2O7/c1-12-15(13(2)29-22-12)6-7-19(24)28-11-18(23)21-10-14-8-16(25-3)20(27-5)17(9-14)26-4/h8-9H,6-7,10-11H2,1-5H3,(H,21,23). The molecule has 0 saturated carbocycles. The molecule has 0 aliphatic heterocycles. The summed E-state index contributed by atoms with van der Waals surface area (Å²) in [7, 11) is 4.55. The van der Waals surface area contributed by atoms with E-state index in [0.717, 1.165) is 16.8 Å². The van der Waals surface area contributed by atoms with Crippen molar-refractivity contribution in [3.8, 4) is 17.2 Å². The van der Waals surface area contributed by atoms with Crippen molar-refractivity contribution < 1.29 is 33.1 Å². The number of nitrogens with one attached hydrogen (secondary N) is 1. The minimum atomic E-state index is -0.465. The zero-order chi connectivity index (χ0) is 21.4. The molecule has 1 heterocycles. The van der Waals surface area contributed by atoms with Gasteiger partial charge in [0.25, 0.3) is 5.91 Å². The molecule has 0 aliphatic rings. The van der Waals surface area contributed by atoms with E-state index in [0.29, 0.717) is 29.4 Å². The molecular formula is C20H26N2O7. The van der Waals surface area contributed by atoms with Crippen LogP contribution in [0.4, 0.5) is 0 Å². The number of aryl methyl sites for hydroxylation is 2. The van der Waals surface area contributed by atoms with Crippen LogP contribution in [-0.4, -0.2) is 45.0 Å². The molecule has 1 N–H and O–H groups in total. The number of esters is 1. The lowest BCUT2D eigenvalue weighted by atomic mass is 10.1. The summed E-state index contributed by atoms with van der Waals surface area (Å²) < 4.78 is 25.9. The van der Waals surface area contributed by atoms with Crippen LogP contribution < -0.4 is 19.5 Å². The van der Waals surface area contributed by atoms with Crippen LogP contribution in [0.1, 0.15) is 29.0 Å². The van der Waals surface area contributed by atoms with Crippen molar-refractivity contribution in [3.05, 3.63) is 34.7 Å². The first-order valence-corrected chi connectivity index (χ1v) is 9.02. The third kappa shape index (κ3) is 5.87. The van der Waals surface area contributed by atoms with E-state index in [1.54, 1.807) is 19.1 Å². The second-order valence-corrected chi connectivity index (χ2v) is 6.27. The van der Waals surface area contributed by atoms with Crippen molar-refractivity contribution in [2.75, 3.05) is 27.9 Å². The highest BCUT2D eigenvalue weighted by Crippen LogP contribution is 2.38. The van der Waals surface area contributed by atoms with Crippen LogP contribution in [0.25, 0.3) is 0 Å². The maximum absolute atomic E-state index is 12.0. The molecule has 2 aromatic rings. The van der Waals surface area contributed by atoms with E-state index in [2.05, 4.69) is 10.5 Å². The number of nitrogens with zero attached hydrogens (tertiary/aromatic N) is 1. The van der Waals surface area contributed by atoms with Crippen molar-refractivity contribution in [2.45, 2.75) is 33.2 Å². The van der Waals surface area contributed by atoms with E-state index < -0.39 is 11.9 Å².